The second-order valence-electron chi connectivity index (χ2n) is 12.0. The van der Waals surface area contributed by atoms with Crippen molar-refractivity contribution < 1.29 is 37.6 Å². The van der Waals surface area contributed by atoms with Gasteiger partial charge in [0.2, 0.25) is 0 Å². The Balaban J connectivity index is 4.35. The third kappa shape index (κ3) is 36.8. The molecule has 0 aliphatic carbocycles. The maximum atomic E-state index is 12.5. The highest BCUT2D eigenvalue weighted by atomic mass is 31.2. The summed E-state index contributed by atoms with van der Waals surface area (Å²) in [7, 11) is -4.39. The van der Waals surface area contributed by atoms with Gasteiger partial charge >= 0.3 is 19.8 Å². The van der Waals surface area contributed by atoms with Crippen molar-refractivity contribution in [1.29, 1.82) is 0 Å². The Kier molecular flexibility index (Phi) is 34.9. The Bertz CT molecular complexity index is 1110. The molecule has 3 N–H and O–H groups in total. The lowest BCUT2D eigenvalue weighted by Gasteiger charge is -2.19. The number of phosphoric acid groups is 1. The molecule has 0 saturated carbocycles. The smallest absolute Gasteiger partial charge is 0.462 e. The SMILES string of the molecule is CCC=CCC=CCC=CCC=CCCCCC(=O)OC(COC(=O)CCCCCCCC=CCC=CCC=CCC)COP(=O)(O)OCCN. The summed E-state index contributed by atoms with van der Waals surface area (Å²) in [4.78, 5) is 34.7. The van der Waals surface area contributed by atoms with Gasteiger partial charge in [0.1, 0.15) is 6.61 Å². The van der Waals surface area contributed by atoms with Crippen LogP contribution in [0.3, 0.4) is 0 Å². The van der Waals surface area contributed by atoms with Gasteiger partial charge in [0.25, 0.3) is 0 Å². The van der Waals surface area contributed by atoms with Crippen molar-refractivity contribution in [3.05, 3.63) is 85.1 Å². The van der Waals surface area contributed by atoms with Crippen LogP contribution < -0.4 is 5.73 Å². The second-order valence-corrected chi connectivity index (χ2v) is 13.5. The second kappa shape index (κ2) is 37.0. The lowest BCUT2D eigenvalue weighted by molar-refractivity contribution is -0.161. The van der Waals surface area contributed by atoms with Crippen LogP contribution in [0.4, 0.5) is 0 Å². The van der Waals surface area contributed by atoms with Crippen molar-refractivity contribution in [2.45, 2.75) is 136 Å². The predicted molar refractivity (Wildman–Crippen MR) is 210 cm³/mol. The number of phosphoric ester groups is 1. The summed E-state index contributed by atoms with van der Waals surface area (Å²) >= 11 is 0. The minimum Gasteiger partial charge on any atom is -0.462 e. The van der Waals surface area contributed by atoms with Gasteiger partial charge in [-0.15, -0.1) is 0 Å². The topological polar surface area (TPSA) is 134 Å². The highest BCUT2D eigenvalue weighted by Gasteiger charge is 2.25. The van der Waals surface area contributed by atoms with Crippen LogP contribution in [-0.4, -0.2) is 49.3 Å². The minimum atomic E-state index is -4.39. The molecule has 0 radical (unpaired) electrons. The molecule has 51 heavy (non-hydrogen) atoms. The number of hydrogen-bond donors (Lipinski definition) is 2. The Morgan fingerprint density at radius 3 is 1.55 bits per heavy atom. The molecule has 0 amide bonds. The molecular weight excluding hydrogens is 665 g/mol. The first-order valence-corrected chi connectivity index (χ1v) is 20.6. The zero-order chi connectivity index (χ0) is 37.5. The van der Waals surface area contributed by atoms with Gasteiger partial charge in [-0.3, -0.25) is 18.6 Å². The van der Waals surface area contributed by atoms with Crippen LogP contribution in [0.25, 0.3) is 0 Å². The van der Waals surface area contributed by atoms with Crippen molar-refractivity contribution in [2.75, 3.05) is 26.4 Å². The van der Waals surface area contributed by atoms with Crippen LogP contribution in [0.1, 0.15) is 129 Å². The molecule has 290 valence electrons. The summed E-state index contributed by atoms with van der Waals surface area (Å²) < 4.78 is 32.6. The fourth-order valence-corrected chi connectivity index (χ4v) is 5.28. The predicted octanol–water partition coefficient (Wildman–Crippen LogP) is 10.5. The fraction of sp³-hybridized carbons (Fsp3) is 0.610. The van der Waals surface area contributed by atoms with E-state index < -0.39 is 32.5 Å². The third-order valence-electron chi connectivity index (χ3n) is 7.28. The zero-order valence-electron chi connectivity index (χ0n) is 31.5. The number of carbonyl (C=O) groups is 2. The molecule has 0 aromatic heterocycles. The van der Waals surface area contributed by atoms with E-state index >= 15 is 0 Å². The van der Waals surface area contributed by atoms with E-state index in [-0.39, 0.29) is 32.6 Å². The van der Waals surface area contributed by atoms with E-state index in [0.717, 1.165) is 89.9 Å². The van der Waals surface area contributed by atoms with Crippen LogP contribution in [-0.2, 0) is 32.7 Å². The van der Waals surface area contributed by atoms with Gasteiger partial charge < -0.3 is 20.1 Å². The fourth-order valence-electron chi connectivity index (χ4n) is 4.52. The van der Waals surface area contributed by atoms with Gasteiger partial charge in [0.05, 0.1) is 13.2 Å². The molecule has 0 aliphatic rings. The monoisotopic (exact) mass is 733 g/mol. The van der Waals surface area contributed by atoms with E-state index in [1.807, 2.05) is 0 Å². The Hall–Kier alpha value is -2.81. The first-order valence-electron chi connectivity index (χ1n) is 19.1. The first-order chi connectivity index (χ1) is 24.8. The molecule has 0 saturated heterocycles. The quantitative estimate of drug-likeness (QED) is 0.0287. The Morgan fingerprint density at radius 1 is 0.588 bits per heavy atom. The molecule has 0 fully saturated rings. The first kappa shape index (κ1) is 48.2. The normalized spacial score (nSPS) is 14.4. The molecule has 0 bridgehead atoms. The zero-order valence-corrected chi connectivity index (χ0v) is 32.4. The number of esters is 2. The van der Waals surface area contributed by atoms with Gasteiger partial charge in [0.15, 0.2) is 6.10 Å². The van der Waals surface area contributed by atoms with Crippen molar-refractivity contribution in [3.63, 3.8) is 0 Å². The Labute approximate surface area is 309 Å². The number of hydrogen-bond acceptors (Lipinski definition) is 8. The molecule has 0 spiro atoms. The molecule has 0 rings (SSSR count). The summed E-state index contributed by atoms with van der Waals surface area (Å²) in [5.74, 6) is -0.909. The molecule has 0 aromatic carbocycles. The number of allylic oxidation sites excluding steroid dienone is 14. The molecule has 0 aliphatic heterocycles. The highest BCUT2D eigenvalue weighted by Crippen LogP contribution is 2.43. The largest absolute Gasteiger partial charge is 0.472 e. The van der Waals surface area contributed by atoms with E-state index in [1.54, 1.807) is 0 Å². The number of unbranched alkanes of at least 4 members (excludes halogenated alkanes) is 7. The van der Waals surface area contributed by atoms with Gasteiger partial charge in [-0.05, 0) is 83.5 Å². The molecular formula is C41H68NO8P. The van der Waals surface area contributed by atoms with Crippen LogP contribution in [0.5, 0.6) is 0 Å². The van der Waals surface area contributed by atoms with E-state index in [9.17, 15) is 19.0 Å². The maximum absolute atomic E-state index is 12.5. The summed E-state index contributed by atoms with van der Waals surface area (Å²) in [6.45, 7) is 3.40. The molecule has 0 heterocycles. The van der Waals surface area contributed by atoms with Crippen LogP contribution in [0.15, 0.2) is 85.1 Å². The van der Waals surface area contributed by atoms with Crippen molar-refractivity contribution in [2.24, 2.45) is 5.73 Å². The molecule has 10 heteroatoms. The summed E-state index contributed by atoms with van der Waals surface area (Å²) in [5.41, 5.74) is 5.33. The highest BCUT2D eigenvalue weighted by molar-refractivity contribution is 7.47. The average Bonchev–Trinajstić information content (AvgIpc) is 3.11. The van der Waals surface area contributed by atoms with Crippen LogP contribution in [0.2, 0.25) is 0 Å². The summed E-state index contributed by atoms with van der Waals surface area (Å²) in [5, 5.41) is 0. The van der Waals surface area contributed by atoms with Gasteiger partial charge in [-0.1, -0.05) is 118 Å². The van der Waals surface area contributed by atoms with E-state index in [1.165, 1.54) is 0 Å². The molecule has 0 aromatic rings. The average molecular weight is 734 g/mol. The summed E-state index contributed by atoms with van der Waals surface area (Å²) in [6.07, 6.45) is 44.7. The maximum Gasteiger partial charge on any atom is 0.472 e. The van der Waals surface area contributed by atoms with Crippen LogP contribution in [0, 0.1) is 0 Å². The van der Waals surface area contributed by atoms with Crippen molar-refractivity contribution >= 4 is 19.8 Å². The van der Waals surface area contributed by atoms with E-state index in [4.69, 9.17) is 24.3 Å². The number of ether oxygens (including phenoxy) is 2. The van der Waals surface area contributed by atoms with E-state index in [2.05, 4.69) is 98.9 Å². The standard InChI is InChI=1S/C41H68NO8P/c1-3-5-7-9-11-13-15-17-19-21-23-25-27-29-31-33-40(43)47-37-39(38-49-51(45,46)48-36-35-42)50-41(44)34-32-30-28-26-24-22-20-18-16-14-12-10-8-6-4-2/h5-8,11-14,17-20,24,26,39H,3-4,9-10,15-16,21-23,25,27-38,42H2,1-2H3,(H,45,46). The molecule has 2 unspecified atom stereocenters. The number of carbonyl (C=O) groups excluding carboxylic acids is 2. The van der Waals surface area contributed by atoms with Crippen LogP contribution >= 0.6 is 7.82 Å². The molecule has 2 atom stereocenters. The lowest BCUT2D eigenvalue weighted by Crippen LogP contribution is -2.29. The third-order valence-corrected chi connectivity index (χ3v) is 8.26. The Morgan fingerprint density at radius 2 is 1.02 bits per heavy atom. The van der Waals surface area contributed by atoms with E-state index in [0.29, 0.717) is 12.8 Å². The lowest BCUT2D eigenvalue weighted by atomic mass is 10.1. The van der Waals surface area contributed by atoms with Crippen molar-refractivity contribution in [3.8, 4) is 0 Å². The summed E-state index contributed by atoms with van der Waals surface area (Å²) in [6, 6.07) is 0. The van der Waals surface area contributed by atoms with Gasteiger partial charge in [0, 0.05) is 19.4 Å². The van der Waals surface area contributed by atoms with Gasteiger partial charge in [-0.2, -0.15) is 0 Å². The van der Waals surface area contributed by atoms with Crippen molar-refractivity contribution in [1.82, 2.24) is 0 Å². The van der Waals surface area contributed by atoms with Gasteiger partial charge in [-0.25, -0.2) is 4.57 Å². The molecule has 9 nitrogen and oxygen atoms in total. The number of nitrogens with two attached hydrogens (primary N) is 1. The minimum absolute atomic E-state index is 0.0390. The number of rotatable bonds is 34.